The lowest BCUT2D eigenvalue weighted by atomic mass is 10.1. The number of rotatable bonds is 8. The Balaban J connectivity index is 2.17. The fourth-order valence-corrected chi connectivity index (χ4v) is 2.00. The second-order valence-corrected chi connectivity index (χ2v) is 5.13. The van der Waals surface area contributed by atoms with Crippen LogP contribution in [0.3, 0.4) is 0 Å². The van der Waals surface area contributed by atoms with Crippen molar-refractivity contribution in [2.24, 2.45) is 0 Å². The number of methoxy groups -OCH3 is 1. The van der Waals surface area contributed by atoms with Crippen LogP contribution >= 0.6 is 0 Å². The summed E-state index contributed by atoms with van der Waals surface area (Å²) in [6.45, 7) is 1.49. The highest BCUT2D eigenvalue weighted by Crippen LogP contribution is 2.35. The van der Waals surface area contributed by atoms with E-state index >= 15 is 0 Å². The summed E-state index contributed by atoms with van der Waals surface area (Å²) in [5.74, 6) is -1.10. The van der Waals surface area contributed by atoms with E-state index in [4.69, 9.17) is 14.2 Å². The van der Waals surface area contributed by atoms with Crippen LogP contribution in [0.25, 0.3) is 0 Å². The van der Waals surface area contributed by atoms with Gasteiger partial charge in [-0.25, -0.2) is 4.79 Å². The molecule has 130 valence electrons. The molecule has 1 N–H and O–H groups in total. The lowest BCUT2D eigenvalue weighted by Crippen LogP contribution is -2.30. The first kappa shape index (κ1) is 17.5. The van der Waals surface area contributed by atoms with E-state index in [1.54, 1.807) is 6.92 Å². The number of benzene rings is 1. The second kappa shape index (κ2) is 7.62. The molecule has 1 aliphatic rings. The Morgan fingerprint density at radius 2 is 2.04 bits per heavy atom. The fraction of sp³-hybridized carbons (Fsp3) is 0.467. The molecule has 1 aromatic carbocycles. The first-order chi connectivity index (χ1) is 11.5. The number of nitrogens with one attached hydrogen (secondary N) is 1. The number of esters is 1. The Morgan fingerprint density at radius 1 is 1.33 bits per heavy atom. The topological polar surface area (TPSA) is 117 Å². The van der Waals surface area contributed by atoms with Crippen LogP contribution in [0.5, 0.6) is 11.5 Å². The summed E-state index contributed by atoms with van der Waals surface area (Å²) >= 11 is 0. The second-order valence-electron chi connectivity index (χ2n) is 5.13. The normalized spacial score (nSPS) is 13.1. The monoisotopic (exact) mass is 338 g/mol. The molecule has 0 aromatic heterocycles. The van der Waals surface area contributed by atoms with Crippen molar-refractivity contribution >= 4 is 17.6 Å². The largest absolute Gasteiger partial charge is 0.493 e. The number of amides is 1. The summed E-state index contributed by atoms with van der Waals surface area (Å²) in [6.07, 6.45) is 1.81. The van der Waals surface area contributed by atoms with Gasteiger partial charge in [0.1, 0.15) is 5.56 Å². The van der Waals surface area contributed by atoms with Gasteiger partial charge in [0.25, 0.3) is 11.6 Å². The van der Waals surface area contributed by atoms with Crippen LogP contribution in [0, 0.1) is 10.1 Å². The van der Waals surface area contributed by atoms with Crippen LogP contribution in [0.1, 0.15) is 30.1 Å². The average Bonchev–Trinajstić information content (AvgIpc) is 3.36. The Bertz CT molecular complexity index is 655. The van der Waals surface area contributed by atoms with Crippen LogP contribution < -0.4 is 14.8 Å². The molecule has 2 rings (SSSR count). The van der Waals surface area contributed by atoms with Crippen molar-refractivity contribution in [3.63, 3.8) is 0 Å². The molecule has 0 aliphatic heterocycles. The van der Waals surface area contributed by atoms with Gasteiger partial charge >= 0.3 is 5.97 Å². The van der Waals surface area contributed by atoms with Gasteiger partial charge in [-0.3, -0.25) is 14.9 Å². The maximum absolute atomic E-state index is 12.1. The molecule has 0 unspecified atom stereocenters. The van der Waals surface area contributed by atoms with Gasteiger partial charge in [0.05, 0.1) is 24.7 Å². The number of nitro groups is 1. The van der Waals surface area contributed by atoms with Crippen molar-refractivity contribution in [3.8, 4) is 11.5 Å². The highest BCUT2D eigenvalue weighted by Gasteiger charge is 2.27. The number of hydrogen-bond acceptors (Lipinski definition) is 7. The predicted octanol–water partition coefficient (Wildman–Crippen LogP) is 1.44. The van der Waals surface area contributed by atoms with Crippen molar-refractivity contribution in [2.75, 3.05) is 20.3 Å². The molecule has 1 aromatic rings. The molecule has 0 radical (unpaired) electrons. The zero-order valence-electron chi connectivity index (χ0n) is 13.4. The average molecular weight is 338 g/mol. The molecule has 1 aliphatic carbocycles. The van der Waals surface area contributed by atoms with Crippen molar-refractivity contribution in [1.29, 1.82) is 0 Å². The fourth-order valence-electron chi connectivity index (χ4n) is 2.00. The number of ether oxygens (including phenoxy) is 3. The van der Waals surface area contributed by atoms with E-state index in [1.165, 1.54) is 13.2 Å². The minimum Gasteiger partial charge on any atom is -0.493 e. The van der Waals surface area contributed by atoms with Crippen LogP contribution in [-0.2, 0) is 9.53 Å². The van der Waals surface area contributed by atoms with Crippen molar-refractivity contribution < 1.29 is 28.7 Å². The van der Waals surface area contributed by atoms with Gasteiger partial charge in [-0.2, -0.15) is 0 Å². The molecule has 24 heavy (non-hydrogen) atoms. The predicted molar refractivity (Wildman–Crippen MR) is 82.3 cm³/mol. The van der Waals surface area contributed by atoms with E-state index in [0.29, 0.717) is 0 Å². The van der Waals surface area contributed by atoms with Crippen molar-refractivity contribution in [1.82, 2.24) is 5.32 Å². The maximum Gasteiger partial charge on any atom is 0.345 e. The van der Waals surface area contributed by atoms with Gasteiger partial charge in [0.15, 0.2) is 18.1 Å². The summed E-state index contributed by atoms with van der Waals surface area (Å²) in [4.78, 5) is 34.1. The minimum atomic E-state index is -0.978. The molecular formula is C15H18N2O7. The third kappa shape index (κ3) is 4.34. The third-order valence-corrected chi connectivity index (χ3v) is 3.28. The lowest BCUT2D eigenvalue weighted by Gasteiger charge is -2.11. The summed E-state index contributed by atoms with van der Waals surface area (Å²) in [5.41, 5.74) is -0.786. The summed E-state index contributed by atoms with van der Waals surface area (Å²) in [7, 11) is 1.35. The van der Waals surface area contributed by atoms with Crippen LogP contribution in [-0.4, -0.2) is 43.2 Å². The van der Waals surface area contributed by atoms with Crippen LogP contribution in [0.2, 0.25) is 0 Å². The number of nitro benzene ring substituents is 1. The van der Waals surface area contributed by atoms with E-state index < -0.39 is 29.1 Å². The molecule has 9 heteroatoms. The minimum absolute atomic E-state index is 0.135. The van der Waals surface area contributed by atoms with Crippen LogP contribution in [0.15, 0.2) is 12.1 Å². The molecule has 1 amide bonds. The zero-order chi connectivity index (χ0) is 17.7. The quantitative estimate of drug-likeness (QED) is 0.433. The summed E-state index contributed by atoms with van der Waals surface area (Å²) in [6, 6.07) is 2.41. The maximum atomic E-state index is 12.1. The van der Waals surface area contributed by atoms with E-state index in [1.807, 2.05) is 0 Å². The van der Waals surface area contributed by atoms with Gasteiger partial charge in [-0.05, 0) is 19.8 Å². The molecule has 0 spiro atoms. The molecule has 1 saturated carbocycles. The van der Waals surface area contributed by atoms with Gasteiger partial charge < -0.3 is 19.5 Å². The Morgan fingerprint density at radius 3 is 2.58 bits per heavy atom. The lowest BCUT2D eigenvalue weighted by molar-refractivity contribution is -0.385. The van der Waals surface area contributed by atoms with Crippen LogP contribution in [0.4, 0.5) is 5.69 Å². The summed E-state index contributed by atoms with van der Waals surface area (Å²) in [5, 5.41) is 13.8. The first-order valence-corrected chi connectivity index (χ1v) is 7.42. The number of carbonyl (C=O) groups is 2. The Kier molecular flexibility index (Phi) is 5.56. The first-order valence-electron chi connectivity index (χ1n) is 7.42. The van der Waals surface area contributed by atoms with E-state index in [-0.39, 0.29) is 29.7 Å². The molecule has 0 atom stereocenters. The Labute approximate surface area is 138 Å². The highest BCUT2D eigenvalue weighted by atomic mass is 16.6. The highest BCUT2D eigenvalue weighted by molar-refractivity contribution is 5.96. The standard InChI is InChI=1S/C15H18N2O7/c1-3-23-13-7-11(17(20)21)10(6-12(13)22-2)15(19)24-8-14(18)16-9-4-5-9/h6-7,9H,3-5,8H2,1-2H3,(H,16,18). The third-order valence-electron chi connectivity index (χ3n) is 3.28. The number of nitrogens with zero attached hydrogens (tertiary/aromatic N) is 1. The van der Waals surface area contributed by atoms with Gasteiger partial charge in [-0.15, -0.1) is 0 Å². The van der Waals surface area contributed by atoms with Gasteiger partial charge in [0, 0.05) is 12.1 Å². The molecule has 0 saturated heterocycles. The zero-order valence-corrected chi connectivity index (χ0v) is 13.4. The van der Waals surface area contributed by atoms with Crippen molar-refractivity contribution in [3.05, 3.63) is 27.8 Å². The molecule has 0 bridgehead atoms. The smallest absolute Gasteiger partial charge is 0.345 e. The number of hydrogen-bond donors (Lipinski definition) is 1. The SMILES string of the molecule is CCOc1cc([N+](=O)[O-])c(C(=O)OCC(=O)NC2CC2)cc1OC. The van der Waals surface area contributed by atoms with Gasteiger partial charge in [0.2, 0.25) is 0 Å². The van der Waals surface area contributed by atoms with Crippen molar-refractivity contribution in [2.45, 2.75) is 25.8 Å². The van der Waals surface area contributed by atoms with E-state index in [9.17, 15) is 19.7 Å². The summed E-state index contributed by atoms with van der Waals surface area (Å²) < 4.78 is 15.2. The Hall–Kier alpha value is -2.84. The van der Waals surface area contributed by atoms with E-state index in [0.717, 1.165) is 18.9 Å². The number of carbonyl (C=O) groups excluding carboxylic acids is 2. The molecular weight excluding hydrogens is 320 g/mol. The van der Waals surface area contributed by atoms with E-state index in [2.05, 4.69) is 5.32 Å². The molecule has 9 nitrogen and oxygen atoms in total. The molecule has 1 fully saturated rings. The molecule has 0 heterocycles. The van der Waals surface area contributed by atoms with Gasteiger partial charge in [-0.1, -0.05) is 0 Å².